The molecule has 21 heavy (non-hydrogen) atoms. The quantitative estimate of drug-likeness (QED) is 0.887. The maximum atomic E-state index is 9.64. The molecule has 0 radical (unpaired) electrons. The van der Waals surface area contributed by atoms with E-state index in [0.29, 0.717) is 6.04 Å². The minimum absolute atomic E-state index is 0.0862. The lowest BCUT2D eigenvalue weighted by Gasteiger charge is -2.28. The van der Waals surface area contributed by atoms with Crippen LogP contribution in [0.2, 0.25) is 0 Å². The highest BCUT2D eigenvalue weighted by Gasteiger charge is 2.32. The average molecular weight is 288 g/mol. The zero-order valence-electron chi connectivity index (χ0n) is 12.8. The molecule has 2 N–H and O–H groups in total. The number of aliphatic hydroxyl groups is 1. The summed E-state index contributed by atoms with van der Waals surface area (Å²) in [6.45, 7) is 5.17. The molecule has 1 aliphatic carbocycles. The lowest BCUT2D eigenvalue weighted by molar-refractivity contribution is 0.163. The van der Waals surface area contributed by atoms with Crippen molar-refractivity contribution in [1.82, 2.24) is 20.1 Å². The molecular weight excluding hydrogens is 264 g/mol. The molecule has 0 saturated heterocycles. The zero-order valence-corrected chi connectivity index (χ0v) is 12.8. The van der Waals surface area contributed by atoms with Crippen LogP contribution in [0.25, 0.3) is 11.0 Å². The van der Waals surface area contributed by atoms with Gasteiger partial charge in [-0.15, -0.1) is 0 Å². The van der Waals surface area contributed by atoms with Crippen LogP contribution in [0.15, 0.2) is 18.5 Å². The van der Waals surface area contributed by atoms with Crippen molar-refractivity contribution in [2.75, 3.05) is 6.61 Å². The van der Waals surface area contributed by atoms with E-state index in [1.807, 2.05) is 17.1 Å². The Morgan fingerprint density at radius 3 is 2.76 bits per heavy atom. The van der Waals surface area contributed by atoms with Gasteiger partial charge in [-0.1, -0.05) is 12.8 Å². The molecule has 0 bridgehead atoms. The Bertz CT molecular complexity index is 614. The Balaban J connectivity index is 1.76. The fourth-order valence-corrected chi connectivity index (χ4v) is 3.19. The first-order valence-electron chi connectivity index (χ1n) is 7.82. The smallest absolute Gasteiger partial charge is 0.157 e. The summed E-state index contributed by atoms with van der Waals surface area (Å²) in [6.07, 6.45) is 8.31. The van der Waals surface area contributed by atoms with E-state index < -0.39 is 0 Å². The van der Waals surface area contributed by atoms with Crippen molar-refractivity contribution < 1.29 is 5.11 Å². The molecule has 3 rings (SSSR count). The molecule has 2 aromatic rings. The molecule has 2 aromatic heterocycles. The Morgan fingerprint density at radius 2 is 2.10 bits per heavy atom. The first-order valence-corrected chi connectivity index (χ1v) is 7.82. The maximum absolute atomic E-state index is 9.64. The van der Waals surface area contributed by atoms with Gasteiger partial charge in [-0.05, 0) is 38.3 Å². The fraction of sp³-hybridized carbons (Fsp3) is 0.625. The third kappa shape index (κ3) is 2.80. The summed E-state index contributed by atoms with van der Waals surface area (Å²) in [5, 5.41) is 18.7. The van der Waals surface area contributed by atoms with Crippen molar-refractivity contribution in [3.8, 4) is 0 Å². The molecule has 1 fully saturated rings. The Labute approximate surface area is 125 Å². The number of aromatic nitrogens is 3. The summed E-state index contributed by atoms with van der Waals surface area (Å²) >= 11 is 0. The van der Waals surface area contributed by atoms with E-state index >= 15 is 0 Å². The van der Waals surface area contributed by atoms with Gasteiger partial charge in [-0.3, -0.25) is 0 Å². The highest BCUT2D eigenvalue weighted by atomic mass is 16.3. The minimum Gasteiger partial charge on any atom is -0.394 e. The van der Waals surface area contributed by atoms with Crippen LogP contribution in [-0.4, -0.2) is 32.0 Å². The molecule has 114 valence electrons. The van der Waals surface area contributed by atoms with Crippen molar-refractivity contribution in [3.63, 3.8) is 0 Å². The second kappa shape index (κ2) is 5.73. The molecule has 0 atom stereocenters. The molecule has 0 spiro atoms. The number of nitrogens with zero attached hydrogens (tertiary/aromatic N) is 3. The van der Waals surface area contributed by atoms with Crippen LogP contribution in [0, 0.1) is 0 Å². The van der Waals surface area contributed by atoms with Gasteiger partial charge in [0.1, 0.15) is 0 Å². The van der Waals surface area contributed by atoms with Crippen LogP contribution in [-0.2, 0) is 6.54 Å². The molecule has 0 amide bonds. The number of hydrogen-bond acceptors (Lipinski definition) is 4. The Hall–Kier alpha value is -1.46. The van der Waals surface area contributed by atoms with Gasteiger partial charge in [-0.25, -0.2) is 9.67 Å². The van der Waals surface area contributed by atoms with Crippen LogP contribution >= 0.6 is 0 Å². The monoisotopic (exact) mass is 288 g/mol. The molecule has 1 saturated carbocycles. The third-order valence-corrected chi connectivity index (χ3v) is 4.51. The highest BCUT2D eigenvalue weighted by Crippen LogP contribution is 2.29. The molecule has 0 aliphatic heterocycles. The zero-order chi connectivity index (χ0) is 14.9. The SMILES string of the molecule is CC(C)n1ncc2cc(CNC3(CO)CCCC3)cnc21. The van der Waals surface area contributed by atoms with Gasteiger partial charge in [0.15, 0.2) is 5.65 Å². The van der Waals surface area contributed by atoms with Gasteiger partial charge < -0.3 is 10.4 Å². The average Bonchev–Trinajstić information content (AvgIpc) is 3.12. The van der Waals surface area contributed by atoms with Gasteiger partial charge in [0.25, 0.3) is 0 Å². The lowest BCUT2D eigenvalue weighted by atomic mass is 9.98. The normalized spacial score (nSPS) is 17.9. The minimum atomic E-state index is -0.0862. The van der Waals surface area contributed by atoms with Crippen molar-refractivity contribution in [2.24, 2.45) is 0 Å². The Morgan fingerprint density at radius 1 is 1.33 bits per heavy atom. The van der Waals surface area contributed by atoms with E-state index in [4.69, 9.17) is 0 Å². The highest BCUT2D eigenvalue weighted by molar-refractivity contribution is 5.75. The summed E-state index contributed by atoms with van der Waals surface area (Å²) < 4.78 is 1.94. The van der Waals surface area contributed by atoms with Crippen LogP contribution in [0.5, 0.6) is 0 Å². The summed E-state index contributed by atoms with van der Waals surface area (Å²) in [5.74, 6) is 0. The van der Waals surface area contributed by atoms with Crippen molar-refractivity contribution in [3.05, 3.63) is 24.0 Å². The van der Waals surface area contributed by atoms with Crippen LogP contribution in [0.4, 0.5) is 0 Å². The van der Waals surface area contributed by atoms with E-state index in [9.17, 15) is 5.11 Å². The maximum Gasteiger partial charge on any atom is 0.157 e. The van der Waals surface area contributed by atoms with Gasteiger partial charge in [0.2, 0.25) is 0 Å². The summed E-state index contributed by atoms with van der Waals surface area (Å²) in [4.78, 5) is 4.55. The number of fused-ring (bicyclic) bond motifs is 1. The second-order valence-electron chi connectivity index (χ2n) is 6.44. The number of nitrogens with one attached hydrogen (secondary N) is 1. The van der Waals surface area contributed by atoms with Crippen LogP contribution in [0.3, 0.4) is 0 Å². The number of rotatable bonds is 5. The van der Waals surface area contributed by atoms with Crippen molar-refractivity contribution in [1.29, 1.82) is 0 Å². The van der Waals surface area contributed by atoms with Crippen molar-refractivity contribution >= 4 is 11.0 Å². The first kappa shape index (κ1) is 14.5. The van der Waals surface area contributed by atoms with Crippen LogP contribution < -0.4 is 5.32 Å². The van der Waals surface area contributed by atoms with E-state index in [2.05, 4.69) is 35.3 Å². The number of pyridine rings is 1. The summed E-state index contributed by atoms with van der Waals surface area (Å²) in [6, 6.07) is 2.46. The molecule has 5 nitrogen and oxygen atoms in total. The van der Waals surface area contributed by atoms with E-state index in [1.165, 1.54) is 12.8 Å². The van der Waals surface area contributed by atoms with Crippen molar-refractivity contribution in [2.45, 2.75) is 57.7 Å². The molecule has 0 unspecified atom stereocenters. The van der Waals surface area contributed by atoms with E-state index in [-0.39, 0.29) is 12.1 Å². The first-order chi connectivity index (χ1) is 10.1. The predicted molar refractivity (Wildman–Crippen MR) is 83.0 cm³/mol. The standard InChI is InChI=1S/C16H24N4O/c1-12(2)20-15-14(10-19-20)7-13(8-17-15)9-18-16(11-21)5-3-4-6-16/h7-8,10,12,18,21H,3-6,9,11H2,1-2H3. The van der Waals surface area contributed by atoms with Gasteiger partial charge in [0.05, 0.1) is 12.8 Å². The molecular formula is C16H24N4O. The topological polar surface area (TPSA) is 63.0 Å². The van der Waals surface area contributed by atoms with Gasteiger partial charge in [0, 0.05) is 29.7 Å². The van der Waals surface area contributed by atoms with Gasteiger partial charge >= 0.3 is 0 Å². The Kier molecular flexibility index (Phi) is 3.95. The summed E-state index contributed by atoms with van der Waals surface area (Å²) in [7, 11) is 0. The second-order valence-corrected chi connectivity index (χ2v) is 6.44. The predicted octanol–water partition coefficient (Wildman–Crippen LogP) is 2.41. The third-order valence-electron chi connectivity index (χ3n) is 4.51. The number of aliphatic hydroxyl groups excluding tert-OH is 1. The molecule has 1 aliphatic rings. The lowest BCUT2D eigenvalue weighted by Crippen LogP contribution is -2.45. The summed E-state index contributed by atoms with van der Waals surface area (Å²) in [5.41, 5.74) is 1.99. The fourth-order valence-electron chi connectivity index (χ4n) is 3.19. The molecule has 5 heteroatoms. The van der Waals surface area contributed by atoms with E-state index in [0.717, 1.165) is 36.0 Å². The largest absolute Gasteiger partial charge is 0.394 e. The van der Waals surface area contributed by atoms with Gasteiger partial charge in [-0.2, -0.15) is 5.10 Å². The number of hydrogen-bond donors (Lipinski definition) is 2. The molecule has 0 aromatic carbocycles. The molecule has 2 heterocycles. The van der Waals surface area contributed by atoms with E-state index in [1.54, 1.807) is 0 Å². The van der Waals surface area contributed by atoms with Crippen LogP contribution in [0.1, 0.15) is 51.1 Å².